The van der Waals surface area contributed by atoms with Crippen molar-refractivity contribution in [2.75, 3.05) is 0 Å². The summed E-state index contributed by atoms with van der Waals surface area (Å²) in [6, 6.07) is 0. The predicted octanol–water partition coefficient (Wildman–Crippen LogP) is 3.54. The second kappa shape index (κ2) is 10.2. The summed E-state index contributed by atoms with van der Waals surface area (Å²) in [6.07, 6.45) is 1.13. The van der Waals surface area contributed by atoms with E-state index in [9.17, 15) is 5.11 Å². The molecule has 0 fully saturated rings. The first kappa shape index (κ1) is 22.2. The Bertz CT molecular complexity index is 274. The van der Waals surface area contributed by atoms with Gasteiger partial charge in [-0.05, 0) is 23.6 Å². The van der Waals surface area contributed by atoms with Gasteiger partial charge >= 0.3 is 0 Å². The minimum Gasteiger partial charge on any atom is -0.394 e. The lowest BCUT2D eigenvalue weighted by atomic mass is 9.52. The second-order valence-corrected chi connectivity index (χ2v) is 7.26. The Labute approximate surface area is 144 Å². The van der Waals surface area contributed by atoms with Gasteiger partial charge in [0.15, 0.2) is 0 Å². The Balaban J connectivity index is 4.82. The van der Waals surface area contributed by atoms with Gasteiger partial charge in [-0.1, -0.05) is 77.8 Å². The highest BCUT2D eigenvalue weighted by atomic mass is 16.3. The van der Waals surface area contributed by atoms with Crippen molar-refractivity contribution in [3.63, 3.8) is 0 Å². The quantitative estimate of drug-likeness (QED) is 0.611. The van der Waals surface area contributed by atoms with E-state index >= 15 is 0 Å². The molecule has 0 aliphatic heterocycles. The van der Waals surface area contributed by atoms with Gasteiger partial charge in [0.1, 0.15) is 0 Å². The second-order valence-electron chi connectivity index (χ2n) is 7.26. The van der Waals surface area contributed by atoms with Crippen molar-refractivity contribution in [3.8, 4) is 0 Å². The molecular formula is C17H32B4O. The molecule has 0 aromatic heterocycles. The molecule has 1 N–H and O–H groups in total. The molecule has 0 amide bonds. The third kappa shape index (κ3) is 5.69. The molecule has 0 saturated carbocycles. The molecule has 0 aromatic rings. The third-order valence-corrected chi connectivity index (χ3v) is 5.95. The molecule has 0 aliphatic carbocycles. The van der Waals surface area contributed by atoms with Gasteiger partial charge in [-0.25, -0.2) is 0 Å². The topological polar surface area (TPSA) is 20.2 Å². The first-order valence-corrected chi connectivity index (χ1v) is 8.80. The number of hydrogen-bond acceptors (Lipinski definition) is 1. The van der Waals surface area contributed by atoms with Crippen LogP contribution in [0.1, 0.15) is 54.4 Å². The zero-order valence-electron chi connectivity index (χ0n) is 15.4. The fourth-order valence-electron chi connectivity index (χ4n) is 3.04. The molecule has 9 atom stereocenters. The smallest absolute Gasteiger partial charge is 0.0738 e. The molecule has 0 aromatic carbocycles. The molecule has 9 unspecified atom stereocenters. The summed E-state index contributed by atoms with van der Waals surface area (Å²) in [5.74, 6) is -0.0476. The molecule has 8 radical (unpaired) electrons. The molecule has 0 aliphatic rings. The standard InChI is InChI=1S/C17H32B4O/c1-7-9(3)10(4)11(5)15(20)17(22)16(21)12(6)14(19)13(18)8-2/h9-17,22H,7-8H2,1-6H3. The highest BCUT2D eigenvalue weighted by molar-refractivity contribution is 6.22. The number of aliphatic hydroxyl groups excluding tert-OH is 1. The number of rotatable bonds is 10. The van der Waals surface area contributed by atoms with Crippen LogP contribution in [0.25, 0.3) is 0 Å². The summed E-state index contributed by atoms with van der Waals surface area (Å²) >= 11 is 0. The summed E-state index contributed by atoms with van der Waals surface area (Å²) in [7, 11) is 24.7. The van der Waals surface area contributed by atoms with Gasteiger partial charge in [-0.15, -0.1) is 0 Å². The molecular weight excluding hydrogens is 263 g/mol. The summed E-state index contributed by atoms with van der Waals surface area (Å²) in [4.78, 5) is 0. The maximum Gasteiger partial charge on any atom is 0.0738 e. The van der Waals surface area contributed by atoms with Crippen molar-refractivity contribution in [1.29, 1.82) is 0 Å². The molecule has 0 spiro atoms. The number of aliphatic hydroxyl groups is 1. The third-order valence-electron chi connectivity index (χ3n) is 5.95. The van der Waals surface area contributed by atoms with E-state index in [0.29, 0.717) is 11.8 Å². The SMILES string of the molecule is [B]C(CC)C([B])C(C)C([B])C(O)C([B])C(C)C(C)C(C)CC. The van der Waals surface area contributed by atoms with Crippen molar-refractivity contribution in [2.45, 2.75) is 83.8 Å². The van der Waals surface area contributed by atoms with E-state index in [-0.39, 0.29) is 29.3 Å². The summed E-state index contributed by atoms with van der Waals surface area (Å²) in [6.45, 7) is 12.6. The van der Waals surface area contributed by atoms with E-state index in [4.69, 9.17) is 31.4 Å². The average molecular weight is 296 g/mol. The van der Waals surface area contributed by atoms with Crippen molar-refractivity contribution < 1.29 is 5.11 Å². The van der Waals surface area contributed by atoms with Crippen molar-refractivity contribution >= 4 is 31.4 Å². The molecule has 0 heterocycles. The van der Waals surface area contributed by atoms with E-state index in [1.807, 2.05) is 13.8 Å². The molecule has 22 heavy (non-hydrogen) atoms. The number of hydrogen-bond donors (Lipinski definition) is 1. The first-order valence-electron chi connectivity index (χ1n) is 8.80. The van der Waals surface area contributed by atoms with Crippen LogP contribution in [0.4, 0.5) is 0 Å². The van der Waals surface area contributed by atoms with Crippen LogP contribution < -0.4 is 0 Å². The molecule has 0 rings (SSSR count). The van der Waals surface area contributed by atoms with Crippen LogP contribution in [-0.2, 0) is 0 Å². The largest absolute Gasteiger partial charge is 0.394 e. The van der Waals surface area contributed by atoms with Crippen LogP contribution in [0, 0.1) is 23.7 Å². The lowest BCUT2D eigenvalue weighted by molar-refractivity contribution is 0.0996. The Morgan fingerprint density at radius 3 is 1.55 bits per heavy atom. The van der Waals surface area contributed by atoms with E-state index < -0.39 is 11.9 Å². The fourth-order valence-corrected chi connectivity index (χ4v) is 3.04. The minimum atomic E-state index is -0.772. The van der Waals surface area contributed by atoms with E-state index in [0.717, 1.165) is 12.8 Å². The minimum absolute atomic E-state index is 0.0814. The Morgan fingerprint density at radius 2 is 1.14 bits per heavy atom. The predicted molar refractivity (Wildman–Crippen MR) is 101 cm³/mol. The van der Waals surface area contributed by atoms with E-state index in [1.54, 1.807) is 0 Å². The van der Waals surface area contributed by atoms with Crippen molar-refractivity contribution in [2.24, 2.45) is 23.7 Å². The Morgan fingerprint density at radius 1 is 0.682 bits per heavy atom. The lowest BCUT2D eigenvalue weighted by Crippen LogP contribution is -2.34. The molecule has 5 heteroatoms. The zero-order valence-corrected chi connectivity index (χ0v) is 15.4. The van der Waals surface area contributed by atoms with Crippen LogP contribution in [0.5, 0.6) is 0 Å². The fraction of sp³-hybridized carbons (Fsp3) is 1.00. The van der Waals surface area contributed by atoms with Crippen molar-refractivity contribution in [1.82, 2.24) is 0 Å². The van der Waals surface area contributed by atoms with Gasteiger partial charge in [-0.2, -0.15) is 0 Å². The first-order chi connectivity index (χ1) is 10.1. The molecule has 0 saturated heterocycles. The van der Waals surface area contributed by atoms with Crippen LogP contribution >= 0.6 is 0 Å². The van der Waals surface area contributed by atoms with Gasteiger partial charge in [0.2, 0.25) is 0 Å². The highest BCUT2D eigenvalue weighted by Crippen LogP contribution is 2.42. The molecule has 0 bridgehead atoms. The monoisotopic (exact) mass is 296 g/mol. The van der Waals surface area contributed by atoms with Crippen molar-refractivity contribution in [3.05, 3.63) is 0 Å². The van der Waals surface area contributed by atoms with Gasteiger partial charge in [0.05, 0.1) is 31.4 Å². The van der Waals surface area contributed by atoms with Gasteiger partial charge in [0.25, 0.3) is 0 Å². The maximum atomic E-state index is 10.6. The average Bonchev–Trinajstić information content (AvgIpc) is 2.55. The summed E-state index contributed by atoms with van der Waals surface area (Å²) in [5, 5.41) is 10.6. The van der Waals surface area contributed by atoms with Gasteiger partial charge in [0, 0.05) is 6.10 Å². The Kier molecular flexibility index (Phi) is 10.3. The molecule has 118 valence electrons. The van der Waals surface area contributed by atoms with Crippen LogP contribution in [0.3, 0.4) is 0 Å². The van der Waals surface area contributed by atoms with E-state index in [1.165, 1.54) is 0 Å². The summed E-state index contributed by atoms with van der Waals surface area (Å²) in [5.41, 5.74) is 0. The maximum absolute atomic E-state index is 10.6. The Hall–Kier alpha value is 0.220. The summed E-state index contributed by atoms with van der Waals surface area (Å²) < 4.78 is 0. The van der Waals surface area contributed by atoms with Gasteiger partial charge in [-0.3, -0.25) is 0 Å². The van der Waals surface area contributed by atoms with Crippen LogP contribution in [0.2, 0.25) is 23.3 Å². The highest BCUT2D eigenvalue weighted by Gasteiger charge is 2.33. The van der Waals surface area contributed by atoms with Gasteiger partial charge < -0.3 is 5.11 Å². The van der Waals surface area contributed by atoms with Crippen LogP contribution in [-0.4, -0.2) is 42.6 Å². The lowest BCUT2D eigenvalue weighted by Gasteiger charge is -2.40. The normalized spacial score (nSPS) is 24.5. The zero-order chi connectivity index (χ0) is 17.6. The van der Waals surface area contributed by atoms with Crippen LogP contribution in [0.15, 0.2) is 0 Å². The molecule has 1 nitrogen and oxygen atoms in total. The van der Waals surface area contributed by atoms with E-state index in [2.05, 4.69) is 27.7 Å².